The van der Waals surface area contributed by atoms with Crippen LogP contribution in [0.15, 0.2) is 46.8 Å². The van der Waals surface area contributed by atoms with E-state index in [0.717, 1.165) is 14.6 Å². The highest BCUT2D eigenvalue weighted by Crippen LogP contribution is 2.31. The molecule has 9 heteroatoms. The Morgan fingerprint density at radius 3 is 2.76 bits per heavy atom. The van der Waals surface area contributed by atoms with Gasteiger partial charge in [0.25, 0.3) is 0 Å². The van der Waals surface area contributed by atoms with Crippen LogP contribution in [0.1, 0.15) is 0 Å². The number of nitrogens with zero attached hydrogens (tertiary/aromatic N) is 1. The molecule has 0 unspecified atom stereocenters. The second-order valence-corrected chi connectivity index (χ2v) is 7.52. The average Bonchev–Trinajstić information content (AvgIpc) is 2.96. The van der Waals surface area contributed by atoms with Gasteiger partial charge in [-0.25, -0.2) is 4.98 Å². The standard InChI is InChI=1S/C16H11ClF2N2O2S2/c17-9-1-6-13-12(7-9)21-16(25-13)24-8-14(22)20-10-2-4-11(5-3-10)23-15(18)19/h1-7,15H,8H2,(H,20,22). The van der Waals surface area contributed by atoms with Gasteiger partial charge in [-0.3, -0.25) is 4.79 Å². The van der Waals surface area contributed by atoms with Crippen molar-refractivity contribution in [3.63, 3.8) is 0 Å². The molecule has 0 aliphatic carbocycles. The van der Waals surface area contributed by atoms with Gasteiger partial charge in [0.15, 0.2) is 4.34 Å². The van der Waals surface area contributed by atoms with Crippen LogP contribution >= 0.6 is 34.7 Å². The van der Waals surface area contributed by atoms with Crippen LogP contribution in [0.25, 0.3) is 10.2 Å². The number of thioether (sulfide) groups is 1. The minimum atomic E-state index is -2.87. The van der Waals surface area contributed by atoms with Crippen molar-refractivity contribution in [3.8, 4) is 5.75 Å². The third-order valence-electron chi connectivity index (χ3n) is 3.02. The third-order valence-corrected chi connectivity index (χ3v) is 5.43. The van der Waals surface area contributed by atoms with Crippen LogP contribution in [0.5, 0.6) is 5.75 Å². The molecule has 4 nitrogen and oxygen atoms in total. The van der Waals surface area contributed by atoms with E-state index >= 15 is 0 Å². The maximum Gasteiger partial charge on any atom is 0.387 e. The number of carbonyl (C=O) groups is 1. The average molecular weight is 401 g/mol. The number of anilines is 1. The molecule has 0 aliphatic rings. The number of hydrogen-bond donors (Lipinski definition) is 1. The molecule has 1 amide bonds. The molecular formula is C16H11ClF2N2O2S2. The van der Waals surface area contributed by atoms with Crippen LogP contribution < -0.4 is 10.1 Å². The minimum Gasteiger partial charge on any atom is -0.435 e. The number of carbonyl (C=O) groups excluding carboxylic acids is 1. The summed E-state index contributed by atoms with van der Waals surface area (Å²) in [5, 5.41) is 3.31. The zero-order chi connectivity index (χ0) is 17.8. The van der Waals surface area contributed by atoms with Crippen molar-refractivity contribution in [2.45, 2.75) is 11.0 Å². The summed E-state index contributed by atoms with van der Waals surface area (Å²) in [6.45, 7) is -2.87. The first-order chi connectivity index (χ1) is 12.0. The van der Waals surface area contributed by atoms with Crippen molar-refractivity contribution in [1.29, 1.82) is 0 Å². The summed E-state index contributed by atoms with van der Waals surface area (Å²) in [6.07, 6.45) is 0. The van der Waals surface area contributed by atoms with Crippen molar-refractivity contribution in [2.24, 2.45) is 0 Å². The third kappa shape index (κ3) is 5.04. The van der Waals surface area contributed by atoms with Crippen molar-refractivity contribution >= 4 is 56.5 Å². The smallest absolute Gasteiger partial charge is 0.387 e. The maximum absolute atomic E-state index is 12.1. The summed E-state index contributed by atoms with van der Waals surface area (Å²) in [5.41, 5.74) is 1.30. The largest absolute Gasteiger partial charge is 0.435 e. The van der Waals surface area contributed by atoms with Crippen molar-refractivity contribution in [1.82, 2.24) is 4.98 Å². The summed E-state index contributed by atoms with van der Waals surface area (Å²) in [7, 11) is 0. The molecule has 0 fully saturated rings. The molecule has 0 spiro atoms. The molecule has 0 atom stereocenters. The Hall–Kier alpha value is -1.90. The molecular weight excluding hydrogens is 390 g/mol. The first kappa shape index (κ1) is 17.9. The lowest BCUT2D eigenvalue weighted by Crippen LogP contribution is -2.13. The molecule has 0 radical (unpaired) electrons. The van der Waals surface area contributed by atoms with Gasteiger partial charge >= 0.3 is 6.61 Å². The predicted molar refractivity (Wildman–Crippen MR) is 97.1 cm³/mol. The predicted octanol–water partition coefficient (Wildman–Crippen LogP) is 5.28. The van der Waals surface area contributed by atoms with Gasteiger partial charge in [0, 0.05) is 10.7 Å². The Bertz CT molecular complexity index is 887. The van der Waals surface area contributed by atoms with Crippen molar-refractivity contribution in [2.75, 3.05) is 11.1 Å². The molecule has 1 aromatic heterocycles. The summed E-state index contributed by atoms with van der Waals surface area (Å²) in [6, 6.07) is 11.2. The molecule has 25 heavy (non-hydrogen) atoms. The quantitative estimate of drug-likeness (QED) is 0.572. The van der Waals surface area contributed by atoms with E-state index in [1.807, 2.05) is 6.07 Å². The second-order valence-electron chi connectivity index (χ2n) is 4.83. The fraction of sp³-hybridized carbons (Fsp3) is 0.125. The highest BCUT2D eigenvalue weighted by atomic mass is 35.5. The zero-order valence-corrected chi connectivity index (χ0v) is 14.9. The van der Waals surface area contributed by atoms with Gasteiger partial charge in [-0.1, -0.05) is 23.4 Å². The summed E-state index contributed by atoms with van der Waals surface area (Å²) >= 11 is 8.73. The molecule has 2 aromatic carbocycles. The number of amides is 1. The Morgan fingerprint density at radius 2 is 2.04 bits per heavy atom. The van der Waals surface area contributed by atoms with E-state index in [4.69, 9.17) is 11.6 Å². The van der Waals surface area contributed by atoms with Gasteiger partial charge in [-0.05, 0) is 42.5 Å². The highest BCUT2D eigenvalue weighted by molar-refractivity contribution is 8.01. The van der Waals surface area contributed by atoms with Crippen LogP contribution in [0, 0.1) is 0 Å². The minimum absolute atomic E-state index is 0.0375. The van der Waals surface area contributed by atoms with Crippen LogP contribution in [0.3, 0.4) is 0 Å². The maximum atomic E-state index is 12.1. The molecule has 130 valence electrons. The van der Waals surface area contributed by atoms with Gasteiger partial charge in [0.05, 0.1) is 16.0 Å². The lowest BCUT2D eigenvalue weighted by Gasteiger charge is -2.07. The van der Waals surface area contributed by atoms with E-state index in [1.54, 1.807) is 12.1 Å². The number of nitrogens with one attached hydrogen (secondary N) is 1. The summed E-state index contributed by atoms with van der Waals surface area (Å²) < 4.78 is 30.2. The SMILES string of the molecule is O=C(CSc1nc2cc(Cl)ccc2s1)Nc1ccc(OC(F)F)cc1. The number of ether oxygens (including phenoxy) is 1. The fourth-order valence-electron chi connectivity index (χ4n) is 1.99. The van der Waals surface area contributed by atoms with Gasteiger partial charge in [0.2, 0.25) is 5.91 Å². The number of aromatic nitrogens is 1. The number of alkyl halides is 2. The van der Waals surface area contributed by atoms with E-state index in [1.165, 1.54) is 47.4 Å². The van der Waals surface area contributed by atoms with Crippen molar-refractivity contribution in [3.05, 3.63) is 47.5 Å². The van der Waals surface area contributed by atoms with Crippen LogP contribution in [-0.4, -0.2) is 23.3 Å². The van der Waals surface area contributed by atoms with Gasteiger partial charge in [-0.2, -0.15) is 8.78 Å². The summed E-state index contributed by atoms with van der Waals surface area (Å²) in [5.74, 6) is 0.00312. The van der Waals surface area contributed by atoms with Crippen LogP contribution in [0.4, 0.5) is 14.5 Å². The first-order valence-electron chi connectivity index (χ1n) is 7.03. The molecule has 3 rings (SSSR count). The fourth-order valence-corrected chi connectivity index (χ4v) is 4.00. The number of hydrogen-bond acceptors (Lipinski definition) is 5. The monoisotopic (exact) mass is 400 g/mol. The lowest BCUT2D eigenvalue weighted by atomic mass is 10.3. The molecule has 3 aromatic rings. The van der Waals surface area contributed by atoms with Gasteiger partial charge < -0.3 is 10.1 Å². The van der Waals surface area contributed by atoms with Gasteiger partial charge in [-0.15, -0.1) is 11.3 Å². The lowest BCUT2D eigenvalue weighted by molar-refractivity contribution is -0.113. The van der Waals surface area contributed by atoms with E-state index in [-0.39, 0.29) is 17.4 Å². The number of benzene rings is 2. The zero-order valence-electron chi connectivity index (χ0n) is 12.5. The number of halogens is 3. The molecule has 1 N–H and O–H groups in total. The van der Waals surface area contributed by atoms with E-state index in [9.17, 15) is 13.6 Å². The molecule has 0 aliphatic heterocycles. The Balaban J connectivity index is 1.55. The summed E-state index contributed by atoms with van der Waals surface area (Å²) in [4.78, 5) is 16.4. The first-order valence-corrected chi connectivity index (χ1v) is 9.21. The Kier molecular flexibility index (Phi) is 5.72. The number of rotatable bonds is 6. The number of fused-ring (bicyclic) bond motifs is 1. The van der Waals surface area contributed by atoms with Crippen molar-refractivity contribution < 1.29 is 18.3 Å². The topological polar surface area (TPSA) is 51.2 Å². The van der Waals surface area contributed by atoms with Crippen LogP contribution in [0.2, 0.25) is 5.02 Å². The van der Waals surface area contributed by atoms with E-state index in [0.29, 0.717) is 10.7 Å². The molecule has 1 heterocycles. The number of thiazole rings is 1. The molecule has 0 bridgehead atoms. The van der Waals surface area contributed by atoms with E-state index < -0.39 is 6.61 Å². The Labute approximate surface area is 155 Å². The van der Waals surface area contributed by atoms with Gasteiger partial charge in [0.1, 0.15) is 5.75 Å². The van der Waals surface area contributed by atoms with E-state index in [2.05, 4.69) is 15.0 Å². The second kappa shape index (κ2) is 7.99. The highest BCUT2D eigenvalue weighted by Gasteiger charge is 2.09. The normalized spacial score (nSPS) is 11.0. The van der Waals surface area contributed by atoms with Crippen LogP contribution in [-0.2, 0) is 4.79 Å². The molecule has 0 saturated heterocycles. The Morgan fingerprint density at radius 1 is 1.28 bits per heavy atom. The molecule has 0 saturated carbocycles.